The van der Waals surface area contributed by atoms with Gasteiger partial charge in [-0.15, -0.1) is 0 Å². The van der Waals surface area contributed by atoms with Crippen molar-refractivity contribution in [2.45, 2.75) is 21.8 Å². The number of hydrogen-bond acceptors (Lipinski definition) is 8. The second kappa shape index (κ2) is 15.6. The molecule has 0 spiro atoms. The minimum atomic E-state index is -3.90. The van der Waals surface area contributed by atoms with Gasteiger partial charge in [-0.25, -0.2) is 19.2 Å². The summed E-state index contributed by atoms with van der Waals surface area (Å²) in [6.45, 7) is -0.245. The third kappa shape index (κ3) is 7.18. The minimum absolute atomic E-state index is 0. The number of amides is 4. The number of hydrogen-bond donors (Lipinski definition) is 7. The van der Waals surface area contributed by atoms with E-state index in [-0.39, 0.29) is 61.5 Å². The van der Waals surface area contributed by atoms with Crippen molar-refractivity contribution in [2.24, 2.45) is 10.8 Å². The van der Waals surface area contributed by atoms with Crippen molar-refractivity contribution in [3.05, 3.63) is 13.2 Å². The smallest absolute Gasteiger partial charge is 0.340 e. The van der Waals surface area contributed by atoms with Crippen LogP contribution in [-0.2, 0) is 71.1 Å². The monoisotopic (exact) mass is 555 g/mol. The van der Waals surface area contributed by atoms with Crippen molar-refractivity contribution >= 4 is 47.5 Å². The first-order chi connectivity index (χ1) is 13.2. The quantitative estimate of drug-likeness (QED) is 0.0822. The van der Waals surface area contributed by atoms with Gasteiger partial charge < -0.3 is 54.3 Å². The van der Waals surface area contributed by atoms with Gasteiger partial charge in [0.25, 0.3) is 23.1 Å². The average Bonchev–Trinajstić information content (AvgIpc) is 2.54. The van der Waals surface area contributed by atoms with Gasteiger partial charge >= 0.3 is 29.3 Å². The van der Waals surface area contributed by atoms with E-state index in [1.807, 2.05) is 5.32 Å². The third-order valence-corrected chi connectivity index (χ3v) is 3.48. The summed E-state index contributed by atoms with van der Waals surface area (Å²) in [6.07, 6.45) is 0. The Balaban J connectivity index is -0.000000653. The predicted octanol–water partition coefficient (Wildman–Crippen LogP) is -2.08. The molecule has 0 rings (SSSR count). The summed E-state index contributed by atoms with van der Waals surface area (Å²) >= 11 is 0. The molecule has 4 amide bonds. The van der Waals surface area contributed by atoms with E-state index < -0.39 is 65.0 Å². The third-order valence-electron chi connectivity index (χ3n) is 3.48. The molecule has 0 heterocycles. The Labute approximate surface area is 213 Å². The van der Waals surface area contributed by atoms with E-state index in [1.165, 1.54) is 17.6 Å². The molecule has 0 unspecified atom stereocenters. The maximum Gasteiger partial charge on any atom is 0.340 e. The maximum absolute atomic E-state index is 12.1. The summed E-state index contributed by atoms with van der Waals surface area (Å²) < 4.78 is 0. The first-order valence-electron chi connectivity index (χ1n) is 7.30. The van der Waals surface area contributed by atoms with E-state index >= 15 is 0 Å². The number of nitrogens with one attached hydrogen (secondary N) is 4. The molecule has 16 nitrogen and oxygen atoms in total. The number of aliphatic carboxylic acids is 4. The number of carbonyl (C=O) groups excluding carboxylic acids is 4. The molecule has 0 saturated heterocycles. The van der Waals surface area contributed by atoms with Gasteiger partial charge in [-0.3, -0.25) is 14.4 Å². The predicted molar refractivity (Wildman–Crippen MR) is 104 cm³/mol. The molecule has 8 N–H and O–H groups in total. The molecule has 0 bridgehead atoms. The first-order valence-corrected chi connectivity index (χ1v) is 7.30. The van der Waals surface area contributed by atoms with Crippen LogP contribution in [0, 0.1) is 18.3 Å². The van der Waals surface area contributed by atoms with Crippen LogP contribution in [0.3, 0.4) is 0 Å². The summed E-state index contributed by atoms with van der Waals surface area (Å²) in [5.74, 6) is -18.0. The summed E-state index contributed by atoms with van der Waals surface area (Å²) in [5.41, 5.74) is -0.842. The van der Waals surface area contributed by atoms with Crippen molar-refractivity contribution in [3.8, 4) is 0 Å². The molecule has 0 aliphatic rings. The molecule has 0 aromatic carbocycles. The zero-order chi connectivity index (χ0) is 23.2. The van der Waals surface area contributed by atoms with Gasteiger partial charge in [0, 0.05) is 39.3 Å². The molecule has 0 aliphatic carbocycles. The topological polar surface area (TPSA) is 277 Å². The van der Waals surface area contributed by atoms with Gasteiger partial charge in [0.1, 0.15) is 0 Å². The Bertz CT molecular complexity index is 748. The van der Waals surface area contributed by atoms with Crippen LogP contribution in [0.4, 0.5) is 0 Å². The summed E-state index contributed by atoms with van der Waals surface area (Å²) in [7, 11) is 0. The van der Waals surface area contributed by atoms with Crippen LogP contribution in [0.5, 0.6) is 0 Å². The van der Waals surface area contributed by atoms with E-state index in [4.69, 9.17) is 26.2 Å². The van der Waals surface area contributed by atoms with Gasteiger partial charge in [-0.1, -0.05) is 14.9 Å². The van der Waals surface area contributed by atoms with Gasteiger partial charge in [-0.2, -0.15) is 0 Å². The van der Waals surface area contributed by atoms with Gasteiger partial charge in [-0.05, 0) is 6.92 Å². The number of carbonyl (C=O) groups is 8. The number of carboxylic acid groups (broad SMARTS) is 4. The second-order valence-corrected chi connectivity index (χ2v) is 5.10. The van der Waals surface area contributed by atoms with E-state index in [1.54, 1.807) is 0 Å². The van der Waals surface area contributed by atoms with Crippen molar-refractivity contribution in [2.75, 3.05) is 13.2 Å². The molecule has 0 aromatic heterocycles. The molecule has 17 heteroatoms. The maximum atomic E-state index is 12.1. The Morgan fingerprint density at radius 1 is 0.667 bits per heavy atom. The Hall–Kier alpha value is -3.14. The molecule has 187 valence electrons. The summed E-state index contributed by atoms with van der Waals surface area (Å²) in [6, 6.07) is 0. The SMILES string of the molecule is C.C.CCNC(=O)C(C(=O)O)(C(=O)O)C(=O)NCNC(=O)C(C([NH-])=O)(C(=O)O)C(=O)O.[CH3-].[Y]. The molecule has 0 aromatic rings. The molecule has 33 heavy (non-hydrogen) atoms. The van der Waals surface area contributed by atoms with Crippen molar-refractivity contribution in [1.29, 1.82) is 0 Å². The zero-order valence-corrected chi connectivity index (χ0v) is 18.9. The first kappa shape index (κ1) is 40.2. The van der Waals surface area contributed by atoms with Crippen LogP contribution < -0.4 is 16.0 Å². The fraction of sp³-hybridized carbons (Fsp3) is 0.438. The molecular formula is C16H26N4O12Y-2. The average molecular weight is 555 g/mol. The molecule has 0 saturated carbocycles. The van der Waals surface area contributed by atoms with Crippen LogP contribution >= 0.6 is 0 Å². The summed E-state index contributed by atoms with van der Waals surface area (Å²) in [4.78, 5) is 91.7. The Morgan fingerprint density at radius 2 is 0.939 bits per heavy atom. The normalized spacial score (nSPS) is 9.61. The van der Waals surface area contributed by atoms with Crippen LogP contribution in [0.1, 0.15) is 21.8 Å². The minimum Gasteiger partial charge on any atom is -0.666 e. The number of rotatable bonds is 11. The molecule has 0 fully saturated rings. The number of carboxylic acids is 4. The van der Waals surface area contributed by atoms with Crippen LogP contribution in [0.15, 0.2) is 0 Å². The molecule has 0 atom stereocenters. The van der Waals surface area contributed by atoms with Crippen LogP contribution in [0.2, 0.25) is 0 Å². The summed E-state index contributed by atoms with van der Waals surface area (Å²) in [5, 5.41) is 40.7. The van der Waals surface area contributed by atoms with Crippen LogP contribution in [0.25, 0.3) is 5.73 Å². The van der Waals surface area contributed by atoms with Crippen molar-refractivity contribution < 1.29 is 91.5 Å². The standard InChI is InChI=1S/C13H16N4O12.2CH4.CH3.Y/c1-2-15-6(20)13(10(26)27,11(28)29)7(21)17-3-16-5(19)12(4(14)18,8(22)23)9(24)25;;;;/h2-3H2,1H3,(H9,14,15,16,17,18,19,20,21,22,23,24,25,26,27,28,29);2*1H4;1H3;/q;;;-1;/p-1. The van der Waals surface area contributed by atoms with E-state index in [0.29, 0.717) is 0 Å². The van der Waals surface area contributed by atoms with Gasteiger partial charge in [0.2, 0.25) is 0 Å². The fourth-order valence-corrected chi connectivity index (χ4v) is 1.93. The molecular weight excluding hydrogens is 529 g/mol. The van der Waals surface area contributed by atoms with Gasteiger partial charge in [0.15, 0.2) is 0 Å². The molecule has 0 aliphatic heterocycles. The Kier molecular flexibility index (Phi) is 19.1. The fourth-order valence-electron chi connectivity index (χ4n) is 1.93. The van der Waals surface area contributed by atoms with Crippen molar-refractivity contribution in [1.82, 2.24) is 16.0 Å². The van der Waals surface area contributed by atoms with E-state index in [9.17, 15) is 38.4 Å². The van der Waals surface area contributed by atoms with Crippen molar-refractivity contribution in [3.63, 3.8) is 0 Å². The zero-order valence-electron chi connectivity index (χ0n) is 16.0. The van der Waals surface area contributed by atoms with Gasteiger partial charge in [0.05, 0.1) is 12.6 Å². The second-order valence-electron chi connectivity index (χ2n) is 5.10. The largest absolute Gasteiger partial charge is 0.666 e. The Morgan fingerprint density at radius 3 is 1.18 bits per heavy atom. The van der Waals surface area contributed by atoms with Crippen LogP contribution in [-0.4, -0.2) is 81.1 Å². The van der Waals surface area contributed by atoms with E-state index in [0.717, 1.165) is 0 Å². The van der Waals surface area contributed by atoms with E-state index in [2.05, 4.69) is 0 Å². The molecule has 1 radical (unpaired) electrons.